The molecule has 0 aliphatic carbocycles. The molecule has 0 saturated heterocycles. The quantitative estimate of drug-likeness (QED) is 0.758. The van der Waals surface area contributed by atoms with Gasteiger partial charge in [-0.1, -0.05) is 0 Å². The van der Waals surface area contributed by atoms with E-state index in [1.807, 2.05) is 0 Å². The predicted molar refractivity (Wildman–Crippen MR) is 45.4 cm³/mol. The Kier molecular flexibility index (Phi) is 3.53. The first-order valence-electron chi connectivity index (χ1n) is 4.43. The van der Waals surface area contributed by atoms with Crippen molar-refractivity contribution in [1.29, 1.82) is 0 Å². The highest BCUT2D eigenvalue weighted by molar-refractivity contribution is 5.42. The summed E-state index contributed by atoms with van der Waals surface area (Å²) < 4.78 is 79.2. The van der Waals surface area contributed by atoms with E-state index in [1.165, 1.54) is 6.92 Å². The Balaban J connectivity index is 3.43. The molecule has 0 aromatic carbocycles. The minimum absolute atomic E-state index is 0.306. The van der Waals surface area contributed by atoms with Gasteiger partial charge in [-0.05, 0) is 6.92 Å². The summed E-state index contributed by atoms with van der Waals surface area (Å²) in [6.07, 6.45) is -9.28. The van der Waals surface area contributed by atoms with Crippen LogP contribution >= 0.6 is 0 Å². The van der Waals surface area contributed by atoms with E-state index in [-0.39, 0.29) is 6.61 Å². The van der Waals surface area contributed by atoms with Crippen molar-refractivity contribution in [3.05, 3.63) is 23.5 Å². The van der Waals surface area contributed by atoms with E-state index in [4.69, 9.17) is 0 Å². The summed E-state index contributed by atoms with van der Waals surface area (Å²) in [6.45, 7) is 0.983. The monoisotopic (exact) mass is 259 g/mol. The third kappa shape index (κ3) is 3.01. The molecule has 0 aliphatic heterocycles. The van der Waals surface area contributed by atoms with Gasteiger partial charge in [0.05, 0.1) is 6.61 Å². The normalized spacial score (nSPS) is 12.6. The van der Waals surface area contributed by atoms with Crippen LogP contribution in [0.15, 0.2) is 12.4 Å². The van der Waals surface area contributed by atoms with Gasteiger partial charge >= 0.3 is 12.4 Å². The smallest absolute Gasteiger partial charge is 0.421 e. The molecule has 0 aliphatic rings. The molecule has 0 atom stereocenters. The van der Waals surface area contributed by atoms with Crippen molar-refractivity contribution in [3.63, 3.8) is 0 Å². The molecule has 0 radical (unpaired) electrons. The Labute approximate surface area is 92.2 Å². The van der Waals surface area contributed by atoms with Crippen LogP contribution in [0.4, 0.5) is 26.3 Å². The third-order valence-corrected chi connectivity index (χ3v) is 1.80. The Hall–Kier alpha value is -1.47. The number of aromatic nitrogens is 1. The van der Waals surface area contributed by atoms with Crippen LogP contribution in [0.25, 0.3) is 0 Å². The first-order chi connectivity index (χ1) is 7.68. The second-order valence-electron chi connectivity index (χ2n) is 2.99. The van der Waals surface area contributed by atoms with Crippen LogP contribution in [0.3, 0.4) is 0 Å². The molecule has 0 bridgehead atoms. The summed E-state index contributed by atoms with van der Waals surface area (Å²) in [7, 11) is 0. The van der Waals surface area contributed by atoms with E-state index in [0.717, 1.165) is 0 Å². The maximum Gasteiger partial charge on any atom is 0.421 e. The topological polar surface area (TPSA) is 22.1 Å². The molecule has 0 unspecified atom stereocenters. The molecule has 1 rings (SSSR count). The zero-order valence-electron chi connectivity index (χ0n) is 8.49. The molecule has 0 N–H and O–H groups in total. The van der Waals surface area contributed by atoms with Gasteiger partial charge in [-0.25, -0.2) is 0 Å². The number of ether oxygens (including phenoxy) is 1. The second kappa shape index (κ2) is 4.42. The molecule has 0 saturated carbocycles. The van der Waals surface area contributed by atoms with Crippen LogP contribution in [0.1, 0.15) is 18.1 Å². The molecular weight excluding hydrogens is 252 g/mol. The summed E-state index contributed by atoms with van der Waals surface area (Å²) in [4.78, 5) is 2.94. The van der Waals surface area contributed by atoms with Gasteiger partial charge in [-0.2, -0.15) is 26.3 Å². The van der Waals surface area contributed by atoms with Gasteiger partial charge in [0.1, 0.15) is 16.9 Å². The van der Waals surface area contributed by atoms with Gasteiger partial charge in [-0.3, -0.25) is 4.98 Å². The number of nitrogens with zero attached hydrogens (tertiary/aromatic N) is 1. The van der Waals surface area contributed by atoms with E-state index in [2.05, 4.69) is 9.72 Å². The summed E-state index contributed by atoms with van der Waals surface area (Å²) in [6, 6.07) is 0. The largest absolute Gasteiger partial charge is 0.492 e. The molecule has 17 heavy (non-hydrogen) atoms. The van der Waals surface area contributed by atoms with Crippen molar-refractivity contribution < 1.29 is 31.1 Å². The fourth-order valence-electron chi connectivity index (χ4n) is 1.15. The molecule has 0 amide bonds. The fourth-order valence-corrected chi connectivity index (χ4v) is 1.15. The molecule has 8 heteroatoms. The minimum Gasteiger partial charge on any atom is -0.492 e. The molecule has 1 aromatic heterocycles. The number of hydrogen-bond acceptors (Lipinski definition) is 2. The van der Waals surface area contributed by atoms with Crippen molar-refractivity contribution in [2.24, 2.45) is 0 Å². The number of alkyl halides is 6. The standard InChI is InChI=1S/C9H7F6NO/c1-2-17-7-5(8(10,11)12)3-16-4-6(7)9(13,14)15/h3-4H,2H2,1H3. The van der Waals surface area contributed by atoms with Crippen molar-refractivity contribution in [2.75, 3.05) is 6.61 Å². The van der Waals surface area contributed by atoms with E-state index in [0.29, 0.717) is 12.4 Å². The Morgan fingerprint density at radius 2 is 1.41 bits per heavy atom. The predicted octanol–water partition coefficient (Wildman–Crippen LogP) is 3.52. The Morgan fingerprint density at radius 3 is 1.71 bits per heavy atom. The van der Waals surface area contributed by atoms with Crippen molar-refractivity contribution in [2.45, 2.75) is 19.3 Å². The summed E-state index contributed by atoms with van der Waals surface area (Å²) in [5, 5.41) is 0. The number of hydrogen-bond donors (Lipinski definition) is 0. The van der Waals surface area contributed by atoms with Gasteiger partial charge in [0, 0.05) is 12.4 Å². The molecule has 0 spiro atoms. The molecule has 1 heterocycles. The maximum atomic E-state index is 12.5. The van der Waals surface area contributed by atoms with Crippen LogP contribution in [-0.4, -0.2) is 11.6 Å². The van der Waals surface area contributed by atoms with Crippen molar-refractivity contribution in [3.8, 4) is 5.75 Å². The van der Waals surface area contributed by atoms with Crippen LogP contribution in [0.5, 0.6) is 5.75 Å². The average molecular weight is 259 g/mol. The van der Waals surface area contributed by atoms with Crippen LogP contribution in [0, 0.1) is 0 Å². The van der Waals surface area contributed by atoms with Crippen LogP contribution in [-0.2, 0) is 12.4 Å². The van der Waals surface area contributed by atoms with E-state index in [1.54, 1.807) is 0 Å². The van der Waals surface area contributed by atoms with E-state index in [9.17, 15) is 26.3 Å². The van der Waals surface area contributed by atoms with E-state index >= 15 is 0 Å². The highest BCUT2D eigenvalue weighted by atomic mass is 19.4. The zero-order valence-corrected chi connectivity index (χ0v) is 8.49. The number of halogens is 6. The number of rotatable bonds is 2. The highest BCUT2D eigenvalue weighted by Gasteiger charge is 2.42. The average Bonchev–Trinajstić information content (AvgIpc) is 2.15. The summed E-state index contributed by atoms with van der Waals surface area (Å²) in [5.41, 5.74) is -3.07. The van der Waals surface area contributed by atoms with Crippen LogP contribution in [0.2, 0.25) is 0 Å². The van der Waals surface area contributed by atoms with Gasteiger partial charge in [0.15, 0.2) is 0 Å². The molecule has 1 aromatic rings. The lowest BCUT2D eigenvalue weighted by Gasteiger charge is -2.17. The molecule has 2 nitrogen and oxygen atoms in total. The van der Waals surface area contributed by atoms with Crippen molar-refractivity contribution >= 4 is 0 Å². The second-order valence-corrected chi connectivity index (χ2v) is 2.99. The zero-order chi connectivity index (χ0) is 13.3. The van der Waals surface area contributed by atoms with Crippen LogP contribution < -0.4 is 4.74 Å². The lowest BCUT2D eigenvalue weighted by molar-refractivity contribution is -0.146. The third-order valence-electron chi connectivity index (χ3n) is 1.80. The van der Waals surface area contributed by atoms with Gasteiger partial charge in [0.25, 0.3) is 0 Å². The summed E-state index contributed by atoms with van der Waals surface area (Å²) >= 11 is 0. The van der Waals surface area contributed by atoms with Gasteiger partial charge in [0.2, 0.25) is 0 Å². The summed E-state index contributed by atoms with van der Waals surface area (Å²) in [5.74, 6) is -1.23. The lowest BCUT2D eigenvalue weighted by atomic mass is 10.1. The number of pyridine rings is 1. The van der Waals surface area contributed by atoms with Gasteiger partial charge in [-0.15, -0.1) is 0 Å². The van der Waals surface area contributed by atoms with E-state index < -0.39 is 29.2 Å². The molecular formula is C9H7F6NO. The maximum absolute atomic E-state index is 12.5. The first-order valence-corrected chi connectivity index (χ1v) is 4.43. The first kappa shape index (κ1) is 13.6. The van der Waals surface area contributed by atoms with Gasteiger partial charge < -0.3 is 4.74 Å². The van der Waals surface area contributed by atoms with Crippen molar-refractivity contribution in [1.82, 2.24) is 4.98 Å². The Morgan fingerprint density at radius 1 is 1.00 bits per heavy atom. The fraction of sp³-hybridized carbons (Fsp3) is 0.444. The lowest BCUT2D eigenvalue weighted by Crippen LogP contribution is -2.15. The molecule has 96 valence electrons. The SMILES string of the molecule is CCOc1c(C(F)(F)F)cncc1C(F)(F)F. The Bertz CT molecular complexity index is 365. The highest BCUT2D eigenvalue weighted by Crippen LogP contribution is 2.43. The minimum atomic E-state index is -4.95. The molecule has 0 fully saturated rings.